The van der Waals surface area contributed by atoms with Gasteiger partial charge in [0.15, 0.2) is 0 Å². The maximum absolute atomic E-state index is 13.5. The summed E-state index contributed by atoms with van der Waals surface area (Å²) in [5, 5.41) is 0. The molecule has 150 valence electrons. The van der Waals surface area contributed by atoms with Crippen molar-refractivity contribution in [3.05, 3.63) is 65.7 Å². The molecule has 0 bridgehead atoms. The maximum Gasteiger partial charge on any atom is 0.243 e. The lowest BCUT2D eigenvalue weighted by molar-refractivity contribution is -0.0272. The van der Waals surface area contributed by atoms with E-state index in [4.69, 9.17) is 0 Å². The first-order chi connectivity index (χ1) is 13.3. The van der Waals surface area contributed by atoms with Crippen molar-refractivity contribution in [3.63, 3.8) is 0 Å². The number of hydrogen-bond donors (Lipinski definition) is 0. The number of rotatable bonds is 5. The van der Waals surface area contributed by atoms with E-state index in [1.807, 2.05) is 18.2 Å². The summed E-state index contributed by atoms with van der Waals surface area (Å²) in [7, 11) is -3.88. The third kappa shape index (κ3) is 3.71. The first kappa shape index (κ1) is 19.5. The van der Waals surface area contributed by atoms with Crippen LogP contribution in [0.5, 0.6) is 0 Å². The van der Waals surface area contributed by atoms with Crippen LogP contribution in [0.25, 0.3) is 0 Å². The minimum absolute atomic E-state index is 0.268. The van der Waals surface area contributed by atoms with Crippen LogP contribution < -0.4 is 0 Å². The zero-order valence-electron chi connectivity index (χ0n) is 15.8. The molecule has 4 nitrogen and oxygen atoms in total. The number of fused-ring (bicyclic) bond motifs is 1. The molecule has 2 aliphatic rings. The van der Waals surface area contributed by atoms with Crippen LogP contribution in [-0.4, -0.2) is 49.8 Å². The zero-order valence-corrected chi connectivity index (χ0v) is 16.6. The number of piperidine rings is 1. The Morgan fingerprint density at radius 3 is 2.39 bits per heavy atom. The minimum Gasteiger partial charge on any atom is -0.299 e. The Morgan fingerprint density at radius 2 is 1.75 bits per heavy atom. The predicted molar refractivity (Wildman–Crippen MR) is 103 cm³/mol. The molecule has 2 heterocycles. The normalized spacial score (nSPS) is 24.4. The van der Waals surface area contributed by atoms with E-state index in [1.54, 1.807) is 0 Å². The van der Waals surface area contributed by atoms with E-state index in [1.165, 1.54) is 9.87 Å². The molecule has 3 unspecified atom stereocenters. The lowest BCUT2D eigenvalue weighted by Crippen LogP contribution is -2.64. The molecule has 0 saturated carbocycles. The molecule has 28 heavy (non-hydrogen) atoms. The second kappa shape index (κ2) is 7.54. The van der Waals surface area contributed by atoms with E-state index >= 15 is 0 Å². The van der Waals surface area contributed by atoms with Gasteiger partial charge < -0.3 is 0 Å². The molecule has 3 atom stereocenters. The Labute approximate surface area is 164 Å². The molecule has 2 aliphatic heterocycles. The summed E-state index contributed by atoms with van der Waals surface area (Å²) < 4.78 is 53.9. The number of halogens is 2. The number of hydrogen-bond acceptors (Lipinski definition) is 3. The van der Waals surface area contributed by atoms with Gasteiger partial charge in [0.2, 0.25) is 10.0 Å². The number of sulfonamides is 1. The molecular weight excluding hydrogens is 382 g/mol. The SMILES string of the molecule is CC(CN1CC2CN(S(=O)(=O)c3cc(F)cc(F)c3)CCC21)c1ccccc1. The Hall–Kier alpha value is -1.83. The highest BCUT2D eigenvalue weighted by molar-refractivity contribution is 7.89. The number of benzene rings is 2. The molecule has 0 radical (unpaired) electrons. The lowest BCUT2D eigenvalue weighted by atomic mass is 9.82. The summed E-state index contributed by atoms with van der Waals surface area (Å²) in [5.74, 6) is -1.07. The summed E-state index contributed by atoms with van der Waals surface area (Å²) in [6.45, 7) is 4.79. The van der Waals surface area contributed by atoms with Crippen molar-refractivity contribution >= 4 is 10.0 Å². The third-order valence-corrected chi connectivity index (χ3v) is 7.79. The highest BCUT2D eigenvalue weighted by Gasteiger charge is 2.45. The highest BCUT2D eigenvalue weighted by Crippen LogP contribution is 2.36. The molecule has 7 heteroatoms. The van der Waals surface area contributed by atoms with Gasteiger partial charge in [-0.1, -0.05) is 37.3 Å². The van der Waals surface area contributed by atoms with E-state index in [-0.39, 0.29) is 10.8 Å². The molecule has 2 fully saturated rings. The molecule has 2 aromatic carbocycles. The minimum atomic E-state index is -3.88. The Bertz CT molecular complexity index is 932. The number of nitrogens with zero attached hydrogens (tertiary/aromatic N) is 2. The molecule has 0 N–H and O–H groups in total. The first-order valence-corrected chi connectivity index (χ1v) is 11.0. The smallest absolute Gasteiger partial charge is 0.243 e. The van der Waals surface area contributed by atoms with Crippen molar-refractivity contribution in [3.8, 4) is 0 Å². The van der Waals surface area contributed by atoms with Crippen LogP contribution in [0.4, 0.5) is 8.78 Å². The van der Waals surface area contributed by atoms with Crippen molar-refractivity contribution in [2.24, 2.45) is 5.92 Å². The fourth-order valence-electron chi connectivity index (χ4n) is 4.44. The second-order valence-electron chi connectivity index (χ2n) is 7.85. The van der Waals surface area contributed by atoms with E-state index in [2.05, 4.69) is 24.0 Å². The van der Waals surface area contributed by atoms with E-state index < -0.39 is 21.7 Å². The first-order valence-electron chi connectivity index (χ1n) is 9.60. The second-order valence-corrected chi connectivity index (χ2v) is 9.79. The molecule has 0 aromatic heterocycles. The van der Waals surface area contributed by atoms with Crippen LogP contribution in [0.3, 0.4) is 0 Å². The van der Waals surface area contributed by atoms with Crippen LogP contribution in [0, 0.1) is 17.6 Å². The molecule has 0 spiro atoms. The van der Waals surface area contributed by atoms with Crippen molar-refractivity contribution in [2.75, 3.05) is 26.2 Å². The summed E-state index contributed by atoms with van der Waals surface area (Å²) in [5.41, 5.74) is 1.30. The summed E-state index contributed by atoms with van der Waals surface area (Å²) >= 11 is 0. The predicted octanol–water partition coefficient (Wildman–Crippen LogP) is 3.46. The van der Waals surface area contributed by atoms with Gasteiger partial charge in [0.25, 0.3) is 0 Å². The van der Waals surface area contributed by atoms with Crippen LogP contribution in [0.1, 0.15) is 24.8 Å². The topological polar surface area (TPSA) is 40.6 Å². The van der Waals surface area contributed by atoms with E-state index in [0.717, 1.165) is 31.6 Å². The van der Waals surface area contributed by atoms with Crippen molar-refractivity contribution in [1.29, 1.82) is 0 Å². The van der Waals surface area contributed by atoms with Gasteiger partial charge >= 0.3 is 0 Å². The summed E-state index contributed by atoms with van der Waals surface area (Å²) in [6, 6.07) is 13.2. The van der Waals surface area contributed by atoms with E-state index in [9.17, 15) is 17.2 Å². The average Bonchev–Trinajstić information content (AvgIpc) is 2.65. The van der Waals surface area contributed by atoms with Crippen LogP contribution in [-0.2, 0) is 10.0 Å². The maximum atomic E-state index is 13.5. The largest absolute Gasteiger partial charge is 0.299 e. The molecular formula is C21H24F2N2O2S. The van der Waals surface area contributed by atoms with Crippen molar-refractivity contribution in [2.45, 2.75) is 30.2 Å². The van der Waals surface area contributed by atoms with Gasteiger partial charge in [-0.25, -0.2) is 17.2 Å². The van der Waals surface area contributed by atoms with Crippen molar-refractivity contribution in [1.82, 2.24) is 9.21 Å². The van der Waals surface area contributed by atoms with Crippen molar-refractivity contribution < 1.29 is 17.2 Å². The van der Waals surface area contributed by atoms with Gasteiger partial charge in [0.05, 0.1) is 4.90 Å². The molecule has 4 rings (SSSR count). The Balaban J connectivity index is 1.39. The molecule has 2 aromatic rings. The summed E-state index contributed by atoms with van der Waals surface area (Å²) in [4.78, 5) is 2.12. The molecule has 2 saturated heterocycles. The third-order valence-electron chi connectivity index (χ3n) is 5.95. The van der Waals surface area contributed by atoms with Crippen LogP contribution in [0.2, 0.25) is 0 Å². The monoisotopic (exact) mass is 406 g/mol. The zero-order chi connectivity index (χ0) is 19.9. The number of likely N-dealkylation sites (tertiary alicyclic amines) is 1. The van der Waals surface area contributed by atoms with Gasteiger partial charge in [-0.05, 0) is 30.0 Å². The Kier molecular flexibility index (Phi) is 5.24. The average molecular weight is 406 g/mol. The van der Waals surface area contributed by atoms with Gasteiger partial charge in [0.1, 0.15) is 11.6 Å². The summed E-state index contributed by atoms with van der Waals surface area (Å²) in [6.07, 6.45) is 0.739. The lowest BCUT2D eigenvalue weighted by Gasteiger charge is -2.53. The molecule has 0 amide bonds. The fourth-order valence-corrected chi connectivity index (χ4v) is 5.99. The highest BCUT2D eigenvalue weighted by atomic mass is 32.2. The Morgan fingerprint density at radius 1 is 1.07 bits per heavy atom. The quantitative estimate of drug-likeness (QED) is 0.764. The van der Waals surface area contributed by atoms with Crippen LogP contribution in [0.15, 0.2) is 53.4 Å². The van der Waals surface area contributed by atoms with E-state index in [0.29, 0.717) is 31.1 Å². The van der Waals surface area contributed by atoms with Crippen LogP contribution >= 0.6 is 0 Å². The fraction of sp³-hybridized carbons (Fsp3) is 0.429. The molecule has 0 aliphatic carbocycles. The standard InChI is InChI=1S/C21H24F2N2O2S/c1-15(16-5-3-2-4-6-16)12-24-13-17-14-25(8-7-21(17)24)28(26,27)20-10-18(22)9-19(23)11-20/h2-6,9-11,15,17,21H,7-8,12-14H2,1H3. The van der Waals surface area contributed by atoms with Gasteiger partial charge in [-0.3, -0.25) is 4.90 Å². The van der Waals surface area contributed by atoms with Gasteiger partial charge in [0, 0.05) is 44.2 Å². The van der Waals surface area contributed by atoms with Gasteiger partial charge in [-0.2, -0.15) is 4.31 Å². The van der Waals surface area contributed by atoms with Gasteiger partial charge in [-0.15, -0.1) is 0 Å².